The van der Waals surface area contributed by atoms with Crippen molar-refractivity contribution in [1.82, 2.24) is 14.3 Å². The highest BCUT2D eigenvalue weighted by Crippen LogP contribution is 2.32. The van der Waals surface area contributed by atoms with Gasteiger partial charge in [0.15, 0.2) is 0 Å². The summed E-state index contributed by atoms with van der Waals surface area (Å²) in [4.78, 5) is 20.2. The van der Waals surface area contributed by atoms with E-state index in [1.807, 2.05) is 11.9 Å². The molecular weight excluding hydrogens is 280 g/mol. The average molecular weight is 296 g/mol. The number of likely N-dealkylation sites (N-methyl/N-ethyl adjacent to an activating group) is 1. The Balaban J connectivity index is 2.06. The SMILES string of the molecule is CN1CCN(c2nc3sccn3c2[N+](=O)[O-])C(CN)C1. The molecule has 1 saturated heterocycles. The fraction of sp³-hybridized carbons (Fsp3) is 0.545. The van der Waals surface area contributed by atoms with Gasteiger partial charge in [0, 0.05) is 31.6 Å². The van der Waals surface area contributed by atoms with Crippen LogP contribution < -0.4 is 10.6 Å². The van der Waals surface area contributed by atoms with E-state index in [0.717, 1.165) is 13.1 Å². The Hall–Kier alpha value is -1.71. The second kappa shape index (κ2) is 5.00. The number of hydrogen-bond donors (Lipinski definition) is 1. The lowest BCUT2D eigenvalue weighted by molar-refractivity contribution is -0.389. The van der Waals surface area contributed by atoms with Crippen LogP contribution in [-0.2, 0) is 0 Å². The molecule has 3 heterocycles. The molecule has 1 aliphatic heterocycles. The van der Waals surface area contributed by atoms with Gasteiger partial charge in [-0.2, -0.15) is 9.38 Å². The summed E-state index contributed by atoms with van der Waals surface area (Å²) in [5, 5.41) is 13.2. The van der Waals surface area contributed by atoms with E-state index in [4.69, 9.17) is 5.73 Å². The number of anilines is 1. The molecule has 2 N–H and O–H groups in total. The summed E-state index contributed by atoms with van der Waals surface area (Å²) < 4.78 is 1.53. The van der Waals surface area contributed by atoms with Gasteiger partial charge < -0.3 is 25.6 Å². The van der Waals surface area contributed by atoms with E-state index in [9.17, 15) is 10.1 Å². The van der Waals surface area contributed by atoms with Crippen LogP contribution in [0.15, 0.2) is 11.6 Å². The maximum absolute atomic E-state index is 11.4. The van der Waals surface area contributed by atoms with E-state index in [1.54, 1.807) is 11.6 Å². The molecule has 1 aliphatic rings. The van der Waals surface area contributed by atoms with Gasteiger partial charge >= 0.3 is 5.82 Å². The van der Waals surface area contributed by atoms with Crippen LogP contribution in [0.5, 0.6) is 0 Å². The molecule has 0 radical (unpaired) electrons. The Kier molecular flexibility index (Phi) is 3.32. The van der Waals surface area contributed by atoms with Crippen molar-refractivity contribution in [2.75, 3.05) is 38.1 Å². The predicted octanol–water partition coefficient (Wildman–Crippen LogP) is 0.383. The Morgan fingerprint density at radius 2 is 2.40 bits per heavy atom. The molecule has 0 aromatic carbocycles. The Morgan fingerprint density at radius 1 is 1.60 bits per heavy atom. The van der Waals surface area contributed by atoms with Crippen molar-refractivity contribution in [1.29, 1.82) is 0 Å². The number of aromatic nitrogens is 2. The molecule has 20 heavy (non-hydrogen) atoms. The van der Waals surface area contributed by atoms with Crippen LogP contribution in [0.25, 0.3) is 4.96 Å². The molecule has 0 saturated carbocycles. The molecule has 8 nitrogen and oxygen atoms in total. The molecule has 0 amide bonds. The molecule has 3 rings (SSSR count). The quantitative estimate of drug-likeness (QED) is 0.650. The van der Waals surface area contributed by atoms with Crippen molar-refractivity contribution < 1.29 is 4.92 Å². The summed E-state index contributed by atoms with van der Waals surface area (Å²) >= 11 is 1.39. The van der Waals surface area contributed by atoms with Crippen LogP contribution in [0, 0.1) is 10.1 Å². The third-order valence-corrected chi connectivity index (χ3v) is 4.38. The van der Waals surface area contributed by atoms with E-state index in [-0.39, 0.29) is 16.8 Å². The molecule has 1 unspecified atom stereocenters. The van der Waals surface area contributed by atoms with Gasteiger partial charge in [0.2, 0.25) is 5.82 Å². The number of thiazole rings is 1. The lowest BCUT2D eigenvalue weighted by Crippen LogP contribution is -2.55. The van der Waals surface area contributed by atoms with Crippen molar-refractivity contribution in [2.24, 2.45) is 5.73 Å². The predicted molar refractivity (Wildman–Crippen MR) is 77.4 cm³/mol. The van der Waals surface area contributed by atoms with Crippen LogP contribution in [-0.4, -0.2) is 58.5 Å². The summed E-state index contributed by atoms with van der Waals surface area (Å²) in [7, 11) is 2.03. The van der Waals surface area contributed by atoms with Crippen molar-refractivity contribution in [2.45, 2.75) is 6.04 Å². The molecule has 2 aromatic rings. The minimum Gasteiger partial charge on any atom is -0.358 e. The van der Waals surface area contributed by atoms with Crippen LogP contribution in [0.1, 0.15) is 0 Å². The number of nitro groups is 1. The maximum atomic E-state index is 11.4. The number of rotatable bonds is 3. The highest BCUT2D eigenvalue weighted by molar-refractivity contribution is 7.15. The van der Waals surface area contributed by atoms with Gasteiger partial charge in [0.25, 0.3) is 4.96 Å². The first-order valence-corrected chi connectivity index (χ1v) is 7.25. The first-order chi connectivity index (χ1) is 9.61. The van der Waals surface area contributed by atoms with Crippen molar-refractivity contribution in [3.63, 3.8) is 0 Å². The number of piperazine rings is 1. The van der Waals surface area contributed by atoms with Gasteiger partial charge in [0.05, 0.1) is 6.04 Å². The summed E-state index contributed by atoms with van der Waals surface area (Å²) in [6, 6.07) is 0.0528. The van der Waals surface area contributed by atoms with E-state index in [1.165, 1.54) is 15.7 Å². The molecule has 108 valence electrons. The number of nitrogens with two attached hydrogens (primary N) is 1. The van der Waals surface area contributed by atoms with Gasteiger partial charge in [-0.1, -0.05) is 11.3 Å². The molecular formula is C11H16N6O2S. The third-order valence-electron chi connectivity index (χ3n) is 3.62. The van der Waals surface area contributed by atoms with Gasteiger partial charge in [-0.25, -0.2) is 0 Å². The van der Waals surface area contributed by atoms with Gasteiger partial charge in [-0.05, 0) is 12.0 Å². The van der Waals surface area contributed by atoms with Crippen molar-refractivity contribution in [3.8, 4) is 0 Å². The Morgan fingerprint density at radius 3 is 3.10 bits per heavy atom. The fourth-order valence-corrected chi connectivity index (χ4v) is 3.32. The van der Waals surface area contributed by atoms with E-state index < -0.39 is 0 Å². The van der Waals surface area contributed by atoms with Crippen LogP contribution in [0.2, 0.25) is 0 Å². The van der Waals surface area contributed by atoms with Gasteiger partial charge in [-0.3, -0.25) is 0 Å². The monoisotopic (exact) mass is 296 g/mol. The first kappa shape index (κ1) is 13.3. The topological polar surface area (TPSA) is 92.9 Å². The fourth-order valence-electron chi connectivity index (χ4n) is 2.62. The molecule has 0 aliphatic carbocycles. The molecule has 9 heteroatoms. The minimum absolute atomic E-state index is 0.0317. The third kappa shape index (κ3) is 2.03. The molecule has 1 atom stereocenters. The second-order valence-electron chi connectivity index (χ2n) is 4.92. The van der Waals surface area contributed by atoms with Crippen molar-refractivity contribution >= 4 is 27.9 Å². The lowest BCUT2D eigenvalue weighted by Gasteiger charge is -2.39. The van der Waals surface area contributed by atoms with Gasteiger partial charge in [-0.15, -0.1) is 0 Å². The molecule has 1 fully saturated rings. The number of hydrogen-bond acceptors (Lipinski definition) is 7. The van der Waals surface area contributed by atoms with Crippen LogP contribution in [0.4, 0.5) is 11.6 Å². The Bertz CT molecular complexity index is 638. The maximum Gasteiger partial charge on any atom is 0.373 e. The molecule has 0 spiro atoms. The average Bonchev–Trinajstić information content (AvgIpc) is 2.97. The highest BCUT2D eigenvalue weighted by atomic mass is 32.1. The number of nitrogens with zero attached hydrogens (tertiary/aromatic N) is 5. The lowest BCUT2D eigenvalue weighted by atomic mass is 10.2. The first-order valence-electron chi connectivity index (χ1n) is 6.37. The smallest absolute Gasteiger partial charge is 0.358 e. The Labute approximate surface area is 119 Å². The van der Waals surface area contributed by atoms with Crippen LogP contribution >= 0.6 is 11.3 Å². The van der Waals surface area contributed by atoms with E-state index >= 15 is 0 Å². The normalized spacial score (nSPS) is 20.7. The summed E-state index contributed by atoms with van der Waals surface area (Å²) in [6.45, 7) is 2.79. The zero-order valence-corrected chi connectivity index (χ0v) is 11.9. The standard InChI is InChI=1S/C11H16N6O2S/c1-14-2-3-15(8(6-12)7-14)9-10(17(18)19)16-4-5-20-11(16)13-9/h4-5,8H,2-3,6-7,12H2,1H3. The largest absolute Gasteiger partial charge is 0.373 e. The van der Waals surface area contributed by atoms with Gasteiger partial charge in [0.1, 0.15) is 6.20 Å². The number of fused-ring (bicyclic) bond motifs is 1. The summed E-state index contributed by atoms with van der Waals surface area (Å²) in [5.41, 5.74) is 5.82. The van der Waals surface area contributed by atoms with E-state index in [0.29, 0.717) is 23.9 Å². The minimum atomic E-state index is -0.367. The highest BCUT2D eigenvalue weighted by Gasteiger charge is 2.33. The molecule has 0 bridgehead atoms. The van der Waals surface area contributed by atoms with Crippen molar-refractivity contribution in [3.05, 3.63) is 21.7 Å². The van der Waals surface area contributed by atoms with E-state index in [2.05, 4.69) is 9.88 Å². The summed E-state index contributed by atoms with van der Waals surface area (Å²) in [6.07, 6.45) is 1.68. The zero-order valence-electron chi connectivity index (χ0n) is 11.1. The summed E-state index contributed by atoms with van der Waals surface area (Å²) in [5.74, 6) is 0.467. The molecule has 2 aromatic heterocycles. The second-order valence-corrected chi connectivity index (χ2v) is 5.79. The zero-order chi connectivity index (χ0) is 14.3. The number of imidazole rings is 1. The van der Waals surface area contributed by atoms with Crippen LogP contribution in [0.3, 0.4) is 0 Å².